The van der Waals surface area contributed by atoms with Gasteiger partial charge in [0, 0.05) is 17.6 Å². The number of likely N-dealkylation sites (N-methyl/N-ethyl adjacent to an activating group) is 1. The predicted molar refractivity (Wildman–Crippen MR) is 103 cm³/mol. The number of amides is 2. The maximum Gasteiger partial charge on any atom is 0.242 e. The SMILES string of the molecule is CCNC(=O)[C@H](C)N(Cc1cccc(Br)c1)C(=O)Cc1ccc(F)cc1. The molecule has 138 valence electrons. The first-order valence-electron chi connectivity index (χ1n) is 8.46. The average Bonchev–Trinajstić information content (AvgIpc) is 2.61. The van der Waals surface area contributed by atoms with E-state index < -0.39 is 6.04 Å². The van der Waals surface area contributed by atoms with E-state index in [9.17, 15) is 14.0 Å². The molecule has 4 nitrogen and oxygen atoms in total. The minimum absolute atomic E-state index is 0.109. The van der Waals surface area contributed by atoms with Crippen LogP contribution in [0.15, 0.2) is 53.0 Å². The molecule has 0 radical (unpaired) electrons. The van der Waals surface area contributed by atoms with Gasteiger partial charge >= 0.3 is 0 Å². The quantitative estimate of drug-likeness (QED) is 0.742. The molecule has 1 atom stereocenters. The maximum absolute atomic E-state index is 13.1. The molecule has 0 heterocycles. The summed E-state index contributed by atoms with van der Waals surface area (Å²) in [5.74, 6) is -0.729. The highest BCUT2D eigenvalue weighted by Crippen LogP contribution is 2.16. The molecule has 1 N–H and O–H groups in total. The number of halogens is 2. The first-order chi connectivity index (χ1) is 12.4. The van der Waals surface area contributed by atoms with Crippen molar-refractivity contribution in [2.75, 3.05) is 6.54 Å². The van der Waals surface area contributed by atoms with Gasteiger partial charge in [-0.3, -0.25) is 9.59 Å². The summed E-state index contributed by atoms with van der Waals surface area (Å²) >= 11 is 3.42. The van der Waals surface area contributed by atoms with Crippen LogP contribution < -0.4 is 5.32 Å². The Hall–Kier alpha value is -2.21. The fourth-order valence-electron chi connectivity index (χ4n) is 2.62. The first-order valence-corrected chi connectivity index (χ1v) is 9.26. The van der Waals surface area contributed by atoms with E-state index in [0.717, 1.165) is 10.0 Å². The van der Waals surface area contributed by atoms with E-state index in [-0.39, 0.29) is 24.1 Å². The van der Waals surface area contributed by atoms with Gasteiger partial charge in [-0.1, -0.05) is 40.2 Å². The standard InChI is InChI=1S/C20H22BrFN2O2/c1-3-23-20(26)14(2)24(13-16-5-4-6-17(21)11-16)19(25)12-15-7-9-18(22)10-8-15/h4-11,14H,3,12-13H2,1-2H3,(H,23,26)/t14-/m0/s1. The van der Waals surface area contributed by atoms with Gasteiger partial charge in [-0.2, -0.15) is 0 Å². The Kier molecular flexibility index (Phi) is 7.33. The summed E-state index contributed by atoms with van der Waals surface area (Å²) in [6.45, 7) is 4.37. The Labute approximate surface area is 161 Å². The van der Waals surface area contributed by atoms with Crippen LogP contribution in [-0.2, 0) is 22.6 Å². The topological polar surface area (TPSA) is 49.4 Å². The second-order valence-electron chi connectivity index (χ2n) is 6.03. The van der Waals surface area contributed by atoms with E-state index in [1.807, 2.05) is 31.2 Å². The largest absolute Gasteiger partial charge is 0.355 e. The van der Waals surface area contributed by atoms with Crippen LogP contribution in [0.2, 0.25) is 0 Å². The van der Waals surface area contributed by atoms with Gasteiger partial charge in [-0.15, -0.1) is 0 Å². The number of hydrogen-bond acceptors (Lipinski definition) is 2. The molecule has 0 saturated heterocycles. The second kappa shape index (κ2) is 9.48. The third-order valence-electron chi connectivity index (χ3n) is 4.03. The van der Waals surface area contributed by atoms with Gasteiger partial charge < -0.3 is 10.2 Å². The number of benzene rings is 2. The lowest BCUT2D eigenvalue weighted by Gasteiger charge is -2.29. The maximum atomic E-state index is 13.1. The van der Waals surface area contributed by atoms with E-state index in [1.54, 1.807) is 24.0 Å². The zero-order valence-corrected chi connectivity index (χ0v) is 16.4. The van der Waals surface area contributed by atoms with E-state index in [2.05, 4.69) is 21.2 Å². The van der Waals surface area contributed by atoms with Crippen molar-refractivity contribution < 1.29 is 14.0 Å². The van der Waals surface area contributed by atoms with Crippen LogP contribution in [0.25, 0.3) is 0 Å². The molecule has 0 saturated carbocycles. The van der Waals surface area contributed by atoms with Crippen LogP contribution in [0.1, 0.15) is 25.0 Å². The van der Waals surface area contributed by atoms with E-state index >= 15 is 0 Å². The summed E-state index contributed by atoms with van der Waals surface area (Å²) in [7, 11) is 0. The van der Waals surface area contributed by atoms with Crippen molar-refractivity contribution in [1.29, 1.82) is 0 Å². The molecule has 26 heavy (non-hydrogen) atoms. The van der Waals surface area contributed by atoms with Gasteiger partial charge in [0.15, 0.2) is 0 Å². The Morgan fingerprint density at radius 3 is 2.46 bits per heavy atom. The summed E-state index contributed by atoms with van der Waals surface area (Å²) in [6, 6.07) is 12.8. The van der Waals surface area contributed by atoms with Crippen molar-refractivity contribution in [1.82, 2.24) is 10.2 Å². The van der Waals surface area contributed by atoms with Crippen molar-refractivity contribution in [3.05, 3.63) is 69.9 Å². The number of rotatable bonds is 7. The van der Waals surface area contributed by atoms with Crippen molar-refractivity contribution in [3.8, 4) is 0 Å². The summed E-state index contributed by atoms with van der Waals surface area (Å²) in [4.78, 5) is 26.7. The molecule has 0 aliphatic heterocycles. The minimum atomic E-state index is -0.609. The molecule has 2 rings (SSSR count). The predicted octanol–water partition coefficient (Wildman–Crippen LogP) is 3.68. The first kappa shape index (κ1) is 20.1. The number of nitrogens with zero attached hydrogens (tertiary/aromatic N) is 1. The Balaban J connectivity index is 2.21. The van der Waals surface area contributed by atoms with Crippen LogP contribution in [-0.4, -0.2) is 29.3 Å². The Bertz CT molecular complexity index is 765. The third-order valence-corrected chi connectivity index (χ3v) is 4.52. The fourth-order valence-corrected chi connectivity index (χ4v) is 3.06. The molecule has 0 aliphatic carbocycles. The summed E-state index contributed by atoms with van der Waals surface area (Å²) < 4.78 is 14.0. The highest BCUT2D eigenvalue weighted by Gasteiger charge is 2.25. The summed E-state index contributed by atoms with van der Waals surface area (Å²) in [6.07, 6.45) is 0.109. The van der Waals surface area contributed by atoms with Crippen LogP contribution in [0.5, 0.6) is 0 Å². The fraction of sp³-hybridized carbons (Fsp3) is 0.300. The lowest BCUT2D eigenvalue weighted by molar-refractivity contribution is -0.140. The van der Waals surface area contributed by atoms with Crippen molar-refractivity contribution >= 4 is 27.7 Å². The lowest BCUT2D eigenvalue weighted by atomic mass is 10.1. The lowest BCUT2D eigenvalue weighted by Crippen LogP contribution is -2.48. The average molecular weight is 421 g/mol. The van der Waals surface area contributed by atoms with Crippen LogP contribution >= 0.6 is 15.9 Å². The number of carbonyl (C=O) groups is 2. The molecule has 0 aromatic heterocycles. The van der Waals surface area contributed by atoms with Gasteiger partial charge in [-0.05, 0) is 49.2 Å². The van der Waals surface area contributed by atoms with Crippen molar-refractivity contribution in [2.45, 2.75) is 32.9 Å². The molecule has 2 aromatic rings. The highest BCUT2D eigenvalue weighted by atomic mass is 79.9. The number of carbonyl (C=O) groups excluding carboxylic acids is 2. The zero-order chi connectivity index (χ0) is 19.1. The molecule has 2 aromatic carbocycles. The van der Waals surface area contributed by atoms with Crippen molar-refractivity contribution in [2.24, 2.45) is 0 Å². The van der Waals surface area contributed by atoms with E-state index in [1.165, 1.54) is 12.1 Å². The monoisotopic (exact) mass is 420 g/mol. The number of hydrogen-bond donors (Lipinski definition) is 1. The van der Waals surface area contributed by atoms with Gasteiger partial charge in [0.2, 0.25) is 11.8 Å². The zero-order valence-electron chi connectivity index (χ0n) is 14.8. The van der Waals surface area contributed by atoms with Crippen molar-refractivity contribution in [3.63, 3.8) is 0 Å². The molecule has 0 bridgehead atoms. The molecule has 0 unspecified atom stereocenters. The van der Waals surface area contributed by atoms with Gasteiger partial charge in [-0.25, -0.2) is 4.39 Å². The summed E-state index contributed by atoms with van der Waals surface area (Å²) in [5.41, 5.74) is 1.63. The molecular weight excluding hydrogens is 399 g/mol. The Morgan fingerprint density at radius 1 is 1.15 bits per heavy atom. The summed E-state index contributed by atoms with van der Waals surface area (Å²) in [5, 5.41) is 2.76. The molecule has 6 heteroatoms. The van der Waals surface area contributed by atoms with Crippen LogP contribution in [0.3, 0.4) is 0 Å². The van der Waals surface area contributed by atoms with E-state index in [0.29, 0.717) is 18.7 Å². The Morgan fingerprint density at radius 2 is 1.85 bits per heavy atom. The van der Waals surface area contributed by atoms with Gasteiger partial charge in [0.1, 0.15) is 11.9 Å². The van der Waals surface area contributed by atoms with Crippen LogP contribution in [0.4, 0.5) is 4.39 Å². The third kappa shape index (κ3) is 5.66. The second-order valence-corrected chi connectivity index (χ2v) is 6.94. The molecule has 0 spiro atoms. The normalized spacial score (nSPS) is 11.7. The molecule has 2 amide bonds. The minimum Gasteiger partial charge on any atom is -0.355 e. The highest BCUT2D eigenvalue weighted by molar-refractivity contribution is 9.10. The molecular formula is C20H22BrFN2O2. The molecule has 0 fully saturated rings. The number of nitrogens with one attached hydrogen (secondary N) is 1. The van der Waals surface area contributed by atoms with Crippen LogP contribution in [0, 0.1) is 5.82 Å². The van der Waals surface area contributed by atoms with E-state index in [4.69, 9.17) is 0 Å². The van der Waals surface area contributed by atoms with Gasteiger partial charge in [0.25, 0.3) is 0 Å². The molecule has 0 aliphatic rings. The smallest absolute Gasteiger partial charge is 0.242 e. The van der Waals surface area contributed by atoms with Gasteiger partial charge in [0.05, 0.1) is 6.42 Å².